The van der Waals surface area contributed by atoms with Gasteiger partial charge in [-0.3, -0.25) is 9.69 Å². The number of nitrogen functional groups attached to an aromatic ring is 1. The lowest BCUT2D eigenvalue weighted by Crippen LogP contribution is -2.33. The van der Waals surface area contributed by atoms with Gasteiger partial charge in [0.15, 0.2) is 0 Å². The van der Waals surface area contributed by atoms with Crippen molar-refractivity contribution >= 4 is 23.6 Å². The standard InChI is InChI=1S/C20H20FN7O3/c1-12(29)23-9-16-11-27(20(30)31-16)15-6-7-17(18(21)8-15)14-4-2-13(3-5-14)10-28-19(22)24-25-26-28/h2-8,16H,9-11H2,1H3,(H,23,29)(H2,22,24,26). The average Bonchev–Trinajstić information content (AvgIpc) is 3.32. The van der Waals surface area contributed by atoms with Gasteiger partial charge in [0, 0.05) is 12.5 Å². The van der Waals surface area contributed by atoms with Crippen LogP contribution in [0, 0.1) is 5.82 Å². The maximum Gasteiger partial charge on any atom is 0.414 e. The van der Waals surface area contributed by atoms with E-state index in [4.69, 9.17) is 10.5 Å². The summed E-state index contributed by atoms with van der Waals surface area (Å²) in [5, 5.41) is 13.5. The molecule has 1 aromatic heterocycles. The summed E-state index contributed by atoms with van der Waals surface area (Å²) >= 11 is 0. The molecule has 0 radical (unpaired) electrons. The third kappa shape index (κ3) is 4.44. The Bertz CT molecular complexity index is 1120. The Kier molecular flexibility index (Phi) is 5.48. The summed E-state index contributed by atoms with van der Waals surface area (Å²) in [4.78, 5) is 24.5. The molecule has 1 unspecified atom stereocenters. The monoisotopic (exact) mass is 425 g/mol. The molecular formula is C20H20FN7O3. The second-order valence-corrected chi connectivity index (χ2v) is 7.11. The Labute approximate surface area is 176 Å². The molecule has 3 N–H and O–H groups in total. The topological polar surface area (TPSA) is 128 Å². The Hall–Kier alpha value is -4.02. The number of tetrazole rings is 1. The van der Waals surface area contributed by atoms with Gasteiger partial charge < -0.3 is 15.8 Å². The Morgan fingerprint density at radius 2 is 2.06 bits per heavy atom. The van der Waals surface area contributed by atoms with Crippen LogP contribution in [0.4, 0.5) is 20.8 Å². The molecule has 0 bridgehead atoms. The van der Waals surface area contributed by atoms with Gasteiger partial charge in [0.05, 0.1) is 25.3 Å². The van der Waals surface area contributed by atoms with Gasteiger partial charge in [-0.05, 0) is 39.8 Å². The summed E-state index contributed by atoms with van der Waals surface area (Å²) in [5.74, 6) is -0.462. The first-order chi connectivity index (χ1) is 14.9. The molecule has 31 heavy (non-hydrogen) atoms. The Morgan fingerprint density at radius 1 is 1.29 bits per heavy atom. The molecule has 2 heterocycles. The Morgan fingerprint density at radius 3 is 2.71 bits per heavy atom. The summed E-state index contributed by atoms with van der Waals surface area (Å²) in [7, 11) is 0. The predicted molar refractivity (Wildman–Crippen MR) is 109 cm³/mol. The van der Waals surface area contributed by atoms with Crippen LogP contribution < -0.4 is 16.0 Å². The molecule has 160 valence electrons. The van der Waals surface area contributed by atoms with Gasteiger partial charge in [-0.15, -0.1) is 0 Å². The highest BCUT2D eigenvalue weighted by Crippen LogP contribution is 2.29. The summed E-state index contributed by atoms with van der Waals surface area (Å²) in [6.07, 6.45) is -1.06. The molecule has 0 aliphatic carbocycles. The molecule has 0 saturated carbocycles. The van der Waals surface area contributed by atoms with E-state index in [1.165, 1.54) is 22.6 Å². The summed E-state index contributed by atoms with van der Waals surface area (Å²) in [6.45, 7) is 2.22. The van der Waals surface area contributed by atoms with E-state index >= 15 is 0 Å². The molecule has 0 spiro atoms. The van der Waals surface area contributed by atoms with E-state index < -0.39 is 18.0 Å². The number of amides is 2. The predicted octanol–water partition coefficient (Wildman–Crippen LogP) is 1.57. The van der Waals surface area contributed by atoms with Gasteiger partial charge in [0.2, 0.25) is 11.9 Å². The fourth-order valence-electron chi connectivity index (χ4n) is 3.29. The highest BCUT2D eigenvalue weighted by molar-refractivity contribution is 5.90. The van der Waals surface area contributed by atoms with Crippen molar-refractivity contribution in [1.82, 2.24) is 25.5 Å². The summed E-state index contributed by atoms with van der Waals surface area (Å²) < 4.78 is 21.5. The molecule has 1 aliphatic rings. The number of cyclic esters (lactones) is 1. The van der Waals surface area contributed by atoms with Crippen molar-refractivity contribution in [2.24, 2.45) is 0 Å². The second-order valence-electron chi connectivity index (χ2n) is 7.11. The normalized spacial score (nSPS) is 15.7. The first-order valence-corrected chi connectivity index (χ1v) is 9.54. The van der Waals surface area contributed by atoms with Crippen molar-refractivity contribution in [3.63, 3.8) is 0 Å². The van der Waals surface area contributed by atoms with Crippen LogP contribution in [0.15, 0.2) is 42.5 Å². The second kappa shape index (κ2) is 8.38. The minimum atomic E-state index is -0.575. The van der Waals surface area contributed by atoms with Crippen molar-refractivity contribution in [2.75, 3.05) is 23.7 Å². The zero-order chi connectivity index (χ0) is 22.0. The van der Waals surface area contributed by atoms with Crippen LogP contribution in [0.25, 0.3) is 11.1 Å². The van der Waals surface area contributed by atoms with Crippen LogP contribution in [0.5, 0.6) is 0 Å². The molecule has 10 nitrogen and oxygen atoms in total. The van der Waals surface area contributed by atoms with Crippen molar-refractivity contribution in [1.29, 1.82) is 0 Å². The third-order valence-corrected chi connectivity index (χ3v) is 4.87. The van der Waals surface area contributed by atoms with Gasteiger partial charge in [-0.1, -0.05) is 29.4 Å². The van der Waals surface area contributed by atoms with Gasteiger partial charge >= 0.3 is 6.09 Å². The molecule has 1 fully saturated rings. The van der Waals surface area contributed by atoms with Crippen LogP contribution in [0.2, 0.25) is 0 Å². The maximum absolute atomic E-state index is 14.8. The number of anilines is 2. The molecule has 4 rings (SSSR count). The smallest absolute Gasteiger partial charge is 0.414 e. The van der Waals surface area contributed by atoms with Crippen LogP contribution >= 0.6 is 0 Å². The first-order valence-electron chi connectivity index (χ1n) is 9.54. The number of hydrogen-bond acceptors (Lipinski definition) is 7. The zero-order valence-electron chi connectivity index (χ0n) is 16.7. The van der Waals surface area contributed by atoms with E-state index in [2.05, 4.69) is 20.8 Å². The number of nitrogens with two attached hydrogens (primary N) is 1. The highest BCUT2D eigenvalue weighted by atomic mass is 19.1. The van der Waals surface area contributed by atoms with Gasteiger partial charge in [0.1, 0.15) is 11.9 Å². The van der Waals surface area contributed by atoms with Crippen LogP contribution in [-0.4, -0.2) is 51.4 Å². The Balaban J connectivity index is 1.47. The van der Waals surface area contributed by atoms with E-state index in [0.717, 1.165) is 5.56 Å². The number of carbonyl (C=O) groups is 2. The lowest BCUT2D eigenvalue weighted by atomic mass is 10.0. The minimum absolute atomic E-state index is 0.209. The van der Waals surface area contributed by atoms with Crippen molar-refractivity contribution in [3.8, 4) is 11.1 Å². The minimum Gasteiger partial charge on any atom is -0.442 e. The molecule has 1 saturated heterocycles. The van der Waals surface area contributed by atoms with Gasteiger partial charge in [-0.2, -0.15) is 0 Å². The molecular weight excluding hydrogens is 405 g/mol. The third-order valence-electron chi connectivity index (χ3n) is 4.87. The van der Waals surface area contributed by atoms with Gasteiger partial charge in [-0.25, -0.2) is 13.9 Å². The number of ether oxygens (including phenoxy) is 1. The number of rotatable bonds is 6. The zero-order valence-corrected chi connectivity index (χ0v) is 16.7. The van der Waals surface area contributed by atoms with Crippen molar-refractivity contribution < 1.29 is 18.7 Å². The number of nitrogens with one attached hydrogen (secondary N) is 1. The van der Waals surface area contributed by atoms with E-state index in [1.54, 1.807) is 24.3 Å². The number of carbonyl (C=O) groups excluding carboxylic acids is 2. The fourth-order valence-corrected chi connectivity index (χ4v) is 3.29. The van der Waals surface area contributed by atoms with E-state index in [9.17, 15) is 14.0 Å². The largest absolute Gasteiger partial charge is 0.442 e. The SMILES string of the molecule is CC(=O)NCC1CN(c2ccc(-c3ccc(Cn4nnnc4N)cc3)c(F)c2)C(=O)O1. The van der Waals surface area contributed by atoms with Crippen molar-refractivity contribution in [2.45, 2.75) is 19.6 Å². The van der Waals surface area contributed by atoms with E-state index in [1.807, 2.05) is 12.1 Å². The lowest BCUT2D eigenvalue weighted by Gasteiger charge is -2.14. The quantitative estimate of drug-likeness (QED) is 0.613. The number of nitrogens with zero attached hydrogens (tertiary/aromatic N) is 5. The fraction of sp³-hybridized carbons (Fsp3) is 0.250. The number of aromatic nitrogens is 4. The first kappa shape index (κ1) is 20.3. The summed E-state index contributed by atoms with van der Waals surface area (Å²) in [5.41, 5.74) is 8.05. The van der Waals surface area contributed by atoms with Crippen LogP contribution in [0.1, 0.15) is 12.5 Å². The molecule has 3 aromatic rings. The maximum atomic E-state index is 14.8. The van der Waals surface area contributed by atoms with Crippen LogP contribution in [0.3, 0.4) is 0 Å². The average molecular weight is 425 g/mol. The number of benzene rings is 2. The van der Waals surface area contributed by atoms with E-state index in [0.29, 0.717) is 23.4 Å². The molecule has 2 amide bonds. The summed E-state index contributed by atoms with van der Waals surface area (Å²) in [6, 6.07) is 11.8. The molecule has 1 atom stereocenters. The lowest BCUT2D eigenvalue weighted by molar-refractivity contribution is -0.119. The van der Waals surface area contributed by atoms with E-state index in [-0.39, 0.29) is 24.9 Å². The van der Waals surface area contributed by atoms with Crippen LogP contribution in [-0.2, 0) is 16.1 Å². The highest BCUT2D eigenvalue weighted by Gasteiger charge is 2.32. The van der Waals surface area contributed by atoms with Gasteiger partial charge in [0.25, 0.3) is 0 Å². The molecule has 11 heteroatoms. The van der Waals surface area contributed by atoms with Crippen molar-refractivity contribution in [3.05, 3.63) is 53.8 Å². The number of halogens is 1. The number of hydrogen-bond donors (Lipinski definition) is 2. The molecule has 1 aliphatic heterocycles. The molecule has 2 aromatic carbocycles.